The van der Waals surface area contributed by atoms with Crippen molar-refractivity contribution in [3.05, 3.63) is 95.6 Å². The van der Waals surface area contributed by atoms with Crippen molar-refractivity contribution >= 4 is 5.91 Å². The second-order valence-corrected chi connectivity index (χ2v) is 5.91. The molecule has 128 valence electrons. The second-order valence-electron chi connectivity index (χ2n) is 5.91. The van der Waals surface area contributed by atoms with Gasteiger partial charge in [-0.05, 0) is 47.0 Å². The molecule has 3 rings (SSSR count). The van der Waals surface area contributed by atoms with Crippen molar-refractivity contribution < 1.29 is 4.79 Å². The fourth-order valence-corrected chi connectivity index (χ4v) is 2.71. The van der Waals surface area contributed by atoms with Crippen LogP contribution >= 0.6 is 0 Å². The zero-order valence-corrected chi connectivity index (χ0v) is 14.2. The first-order valence-corrected chi connectivity index (χ1v) is 8.29. The van der Waals surface area contributed by atoms with Crippen molar-refractivity contribution in [2.75, 3.05) is 0 Å². The smallest absolute Gasteiger partial charge is 0.254 e. The molecule has 0 radical (unpaired) electrons. The average Bonchev–Trinajstić information content (AvgIpc) is 2.69. The van der Waals surface area contributed by atoms with Crippen LogP contribution in [0.4, 0.5) is 0 Å². The summed E-state index contributed by atoms with van der Waals surface area (Å²) in [5, 5.41) is 8.89. The Labute approximate surface area is 152 Å². The number of pyridine rings is 2. The van der Waals surface area contributed by atoms with Gasteiger partial charge in [-0.3, -0.25) is 14.8 Å². The van der Waals surface area contributed by atoms with Crippen molar-refractivity contribution in [3.8, 4) is 6.07 Å². The van der Waals surface area contributed by atoms with E-state index in [9.17, 15) is 4.79 Å². The number of aromatic nitrogens is 2. The number of nitriles is 1. The number of carbonyl (C=O) groups excluding carboxylic acids is 1. The third kappa shape index (κ3) is 4.52. The summed E-state index contributed by atoms with van der Waals surface area (Å²) in [6.45, 7) is 0.927. The van der Waals surface area contributed by atoms with E-state index in [0.29, 0.717) is 18.7 Å². The molecule has 0 atom stereocenters. The number of carbonyl (C=O) groups is 1. The second kappa shape index (κ2) is 8.54. The number of amides is 1. The van der Waals surface area contributed by atoms with E-state index in [1.807, 2.05) is 36.4 Å². The van der Waals surface area contributed by atoms with Gasteiger partial charge in [0, 0.05) is 43.4 Å². The van der Waals surface area contributed by atoms with Crippen molar-refractivity contribution in [1.82, 2.24) is 14.9 Å². The molecule has 0 fully saturated rings. The van der Waals surface area contributed by atoms with Crippen LogP contribution in [0.15, 0.2) is 73.3 Å². The Morgan fingerprint density at radius 1 is 0.923 bits per heavy atom. The van der Waals surface area contributed by atoms with Gasteiger partial charge in [0.2, 0.25) is 0 Å². The average molecular weight is 342 g/mol. The topological polar surface area (TPSA) is 69.9 Å². The summed E-state index contributed by atoms with van der Waals surface area (Å²) in [5.41, 5.74) is 3.38. The molecule has 26 heavy (non-hydrogen) atoms. The lowest BCUT2D eigenvalue weighted by Crippen LogP contribution is -2.30. The molecule has 0 saturated heterocycles. The predicted molar refractivity (Wildman–Crippen MR) is 97.8 cm³/mol. The lowest BCUT2D eigenvalue weighted by atomic mass is 10.1. The highest BCUT2D eigenvalue weighted by Gasteiger charge is 2.17. The highest BCUT2D eigenvalue weighted by Crippen LogP contribution is 2.15. The van der Waals surface area contributed by atoms with Crippen molar-refractivity contribution in [2.24, 2.45) is 0 Å². The van der Waals surface area contributed by atoms with Gasteiger partial charge in [0.05, 0.1) is 12.5 Å². The predicted octanol–water partition coefficient (Wildman–Crippen LogP) is 3.39. The maximum absolute atomic E-state index is 13.1. The molecule has 0 bridgehead atoms. The fourth-order valence-electron chi connectivity index (χ4n) is 2.71. The van der Waals surface area contributed by atoms with Crippen molar-refractivity contribution in [2.45, 2.75) is 19.5 Å². The van der Waals surface area contributed by atoms with E-state index in [0.717, 1.165) is 16.7 Å². The Kier molecular flexibility index (Phi) is 5.69. The standard InChI is InChI=1S/C21H18N4O/c22-9-6-17-3-1-5-20(13-17)21(26)25(15-18-7-11-23-12-8-18)16-19-4-2-10-24-14-19/h1-5,7-8,10-14H,6,15-16H2. The SMILES string of the molecule is N#CCc1cccc(C(=O)N(Cc2ccncc2)Cc2cccnc2)c1. The summed E-state index contributed by atoms with van der Waals surface area (Å²) < 4.78 is 0. The van der Waals surface area contributed by atoms with Gasteiger partial charge in [-0.1, -0.05) is 18.2 Å². The molecule has 0 N–H and O–H groups in total. The molecule has 0 saturated carbocycles. The van der Waals surface area contributed by atoms with E-state index in [4.69, 9.17) is 5.26 Å². The molecule has 2 aromatic heterocycles. The van der Waals surface area contributed by atoms with Crippen molar-refractivity contribution in [3.63, 3.8) is 0 Å². The maximum Gasteiger partial charge on any atom is 0.254 e. The van der Waals surface area contributed by atoms with Gasteiger partial charge in [0.15, 0.2) is 0 Å². The lowest BCUT2D eigenvalue weighted by Gasteiger charge is -2.23. The van der Waals surface area contributed by atoms with Crippen LogP contribution in [0.1, 0.15) is 27.0 Å². The zero-order chi connectivity index (χ0) is 18.2. The van der Waals surface area contributed by atoms with E-state index in [1.54, 1.807) is 41.8 Å². The van der Waals surface area contributed by atoms with Gasteiger partial charge in [-0.15, -0.1) is 0 Å². The molecule has 5 heteroatoms. The summed E-state index contributed by atoms with van der Waals surface area (Å²) >= 11 is 0. The molecule has 1 amide bonds. The number of nitrogens with zero attached hydrogens (tertiary/aromatic N) is 4. The largest absolute Gasteiger partial charge is 0.330 e. The Morgan fingerprint density at radius 2 is 1.69 bits per heavy atom. The third-order valence-corrected chi connectivity index (χ3v) is 3.96. The van der Waals surface area contributed by atoms with Crippen LogP contribution in [0, 0.1) is 11.3 Å². The first-order chi connectivity index (χ1) is 12.8. The number of hydrogen-bond donors (Lipinski definition) is 0. The van der Waals surface area contributed by atoms with Gasteiger partial charge in [0.1, 0.15) is 0 Å². The molecule has 0 spiro atoms. The van der Waals surface area contributed by atoms with Gasteiger partial charge in [-0.2, -0.15) is 5.26 Å². The molecule has 0 aliphatic carbocycles. The molecular formula is C21H18N4O. The van der Waals surface area contributed by atoms with Gasteiger partial charge in [-0.25, -0.2) is 0 Å². The monoisotopic (exact) mass is 342 g/mol. The minimum Gasteiger partial charge on any atom is -0.330 e. The minimum absolute atomic E-state index is 0.0783. The molecule has 1 aromatic carbocycles. The van der Waals surface area contributed by atoms with Crippen LogP contribution in [0.25, 0.3) is 0 Å². The maximum atomic E-state index is 13.1. The summed E-state index contributed by atoms with van der Waals surface area (Å²) in [4.78, 5) is 23.1. The van der Waals surface area contributed by atoms with E-state index in [2.05, 4.69) is 16.0 Å². The molecule has 0 aliphatic heterocycles. The first kappa shape index (κ1) is 17.3. The first-order valence-electron chi connectivity index (χ1n) is 8.29. The quantitative estimate of drug-likeness (QED) is 0.688. The molecular weight excluding hydrogens is 324 g/mol. The third-order valence-electron chi connectivity index (χ3n) is 3.96. The van der Waals surface area contributed by atoms with Crippen LogP contribution in [0.3, 0.4) is 0 Å². The normalized spacial score (nSPS) is 10.1. The molecule has 0 unspecified atom stereocenters. The van der Waals surface area contributed by atoms with Crippen LogP contribution in [0.5, 0.6) is 0 Å². The van der Waals surface area contributed by atoms with E-state index in [-0.39, 0.29) is 12.3 Å². The van der Waals surface area contributed by atoms with E-state index < -0.39 is 0 Å². The summed E-state index contributed by atoms with van der Waals surface area (Å²) in [7, 11) is 0. The summed E-state index contributed by atoms with van der Waals surface area (Å²) in [6, 6.07) is 17.0. The zero-order valence-electron chi connectivity index (χ0n) is 14.2. The molecule has 5 nitrogen and oxygen atoms in total. The van der Waals surface area contributed by atoms with Crippen LogP contribution in [0.2, 0.25) is 0 Å². The fraction of sp³-hybridized carbons (Fsp3) is 0.143. The summed E-state index contributed by atoms with van der Waals surface area (Å²) in [6.07, 6.45) is 7.20. The van der Waals surface area contributed by atoms with E-state index in [1.165, 1.54) is 0 Å². The summed E-state index contributed by atoms with van der Waals surface area (Å²) in [5.74, 6) is -0.0783. The number of hydrogen-bond acceptors (Lipinski definition) is 4. The number of rotatable bonds is 6. The molecule has 2 heterocycles. The van der Waals surface area contributed by atoms with Crippen LogP contribution in [-0.4, -0.2) is 20.8 Å². The van der Waals surface area contributed by atoms with Crippen molar-refractivity contribution in [1.29, 1.82) is 5.26 Å². The molecule has 0 aliphatic rings. The Morgan fingerprint density at radius 3 is 2.42 bits per heavy atom. The van der Waals surface area contributed by atoms with Crippen LogP contribution in [-0.2, 0) is 19.5 Å². The Hall–Kier alpha value is -3.52. The van der Waals surface area contributed by atoms with Gasteiger partial charge in [0.25, 0.3) is 5.91 Å². The van der Waals surface area contributed by atoms with Crippen LogP contribution < -0.4 is 0 Å². The highest BCUT2D eigenvalue weighted by molar-refractivity contribution is 5.94. The molecule has 3 aromatic rings. The highest BCUT2D eigenvalue weighted by atomic mass is 16.2. The Bertz CT molecular complexity index is 863. The van der Waals surface area contributed by atoms with Gasteiger partial charge >= 0.3 is 0 Å². The van der Waals surface area contributed by atoms with E-state index >= 15 is 0 Å². The minimum atomic E-state index is -0.0783. The Balaban J connectivity index is 1.87. The lowest BCUT2D eigenvalue weighted by molar-refractivity contribution is 0.0729. The number of benzene rings is 1. The van der Waals surface area contributed by atoms with Gasteiger partial charge < -0.3 is 4.90 Å².